The summed E-state index contributed by atoms with van der Waals surface area (Å²) < 4.78 is 48.9. The zero-order valence-electron chi connectivity index (χ0n) is 22.0. The number of hydrogen-bond acceptors (Lipinski definition) is 10. The number of anilines is 1. The number of hydrogen-bond donors (Lipinski definition) is 4. The fourth-order valence-corrected chi connectivity index (χ4v) is 6.68. The molecule has 1 fully saturated rings. The molecule has 0 amide bonds. The Bertz CT molecular complexity index is 1260. The van der Waals surface area contributed by atoms with Crippen molar-refractivity contribution in [3.8, 4) is 5.75 Å². The van der Waals surface area contributed by atoms with Gasteiger partial charge in [-0.3, -0.25) is 13.9 Å². The first-order chi connectivity index (χ1) is 18.2. The molecule has 0 radical (unpaired) electrons. The third kappa shape index (κ3) is 6.16. The van der Waals surface area contributed by atoms with Gasteiger partial charge in [0, 0.05) is 12.2 Å². The number of carboxylic acids is 1. The third-order valence-corrected chi connectivity index (χ3v) is 8.75. The van der Waals surface area contributed by atoms with Gasteiger partial charge < -0.3 is 30.3 Å². The van der Waals surface area contributed by atoms with Gasteiger partial charge in [0.05, 0.1) is 0 Å². The molecule has 6 atom stereocenters. The standard InChI is InChI=1S/C24H34FN4O9P/c1-5-16(6-2)29(15(3)19(30)31)39(35,38-17-10-8-7-9-11-17)36-14-24(25)20(32)23(4,34)21(37-24)28-13-12-18(26)27-22(28)33/h7-13,15-16,20-21,32,34H,5-6,14H2,1-4H3,(H,30,31)(H2,26,27,33)/t15-,20-,21+,23+,24+,39-/m0/s1. The number of carbonyl (C=O) groups is 1. The molecule has 3 rings (SSSR count). The van der Waals surface area contributed by atoms with Crippen molar-refractivity contribution < 1.29 is 42.9 Å². The molecule has 0 unspecified atom stereocenters. The van der Waals surface area contributed by atoms with Crippen LogP contribution in [-0.4, -0.2) is 71.8 Å². The van der Waals surface area contributed by atoms with Crippen LogP contribution in [-0.2, 0) is 18.6 Å². The monoisotopic (exact) mass is 572 g/mol. The van der Waals surface area contributed by atoms with Gasteiger partial charge in [-0.15, -0.1) is 0 Å². The Hall–Kier alpha value is -2.87. The average Bonchev–Trinajstić information content (AvgIpc) is 3.06. The van der Waals surface area contributed by atoms with Crippen molar-refractivity contribution in [2.45, 2.75) is 76.4 Å². The lowest BCUT2D eigenvalue weighted by molar-refractivity contribution is -0.204. The van der Waals surface area contributed by atoms with E-state index in [1.54, 1.807) is 32.0 Å². The van der Waals surface area contributed by atoms with E-state index in [-0.39, 0.29) is 11.6 Å². The Morgan fingerprint density at radius 2 is 1.92 bits per heavy atom. The van der Waals surface area contributed by atoms with E-state index in [9.17, 15) is 29.5 Å². The van der Waals surface area contributed by atoms with Gasteiger partial charge in [-0.1, -0.05) is 32.0 Å². The summed E-state index contributed by atoms with van der Waals surface area (Å²) in [6.07, 6.45) is -2.27. The number of carboxylic acid groups (broad SMARTS) is 1. The molecule has 216 valence electrons. The molecular formula is C24H34FN4O9P. The lowest BCUT2D eigenvalue weighted by Crippen LogP contribution is -2.50. The number of benzene rings is 1. The molecule has 0 bridgehead atoms. The minimum atomic E-state index is -4.68. The van der Waals surface area contributed by atoms with Gasteiger partial charge in [-0.25, -0.2) is 13.8 Å². The second kappa shape index (κ2) is 11.7. The highest BCUT2D eigenvalue weighted by Gasteiger charge is 2.64. The lowest BCUT2D eigenvalue weighted by atomic mass is 9.95. The van der Waals surface area contributed by atoms with Crippen LogP contribution in [0.25, 0.3) is 0 Å². The summed E-state index contributed by atoms with van der Waals surface area (Å²) in [7, 11) is -4.68. The van der Waals surface area contributed by atoms with Crippen molar-refractivity contribution in [1.82, 2.24) is 14.2 Å². The fourth-order valence-electron chi connectivity index (χ4n) is 4.43. The van der Waals surface area contributed by atoms with E-state index in [4.69, 9.17) is 19.5 Å². The van der Waals surface area contributed by atoms with E-state index in [0.29, 0.717) is 12.8 Å². The lowest BCUT2D eigenvalue weighted by Gasteiger charge is -2.38. The van der Waals surface area contributed by atoms with Crippen LogP contribution < -0.4 is 15.9 Å². The number of rotatable bonds is 12. The quantitative estimate of drug-likeness (QED) is 0.272. The van der Waals surface area contributed by atoms with Crippen molar-refractivity contribution in [2.75, 3.05) is 12.3 Å². The molecule has 2 aromatic rings. The van der Waals surface area contributed by atoms with E-state index in [1.807, 2.05) is 0 Å². The van der Waals surface area contributed by atoms with Crippen molar-refractivity contribution in [2.24, 2.45) is 0 Å². The number of nitrogens with zero attached hydrogens (tertiary/aromatic N) is 3. The zero-order chi connectivity index (χ0) is 29.2. The number of halogens is 1. The Morgan fingerprint density at radius 3 is 2.46 bits per heavy atom. The molecule has 15 heteroatoms. The van der Waals surface area contributed by atoms with E-state index in [2.05, 4.69) is 4.98 Å². The largest absolute Gasteiger partial charge is 0.480 e. The van der Waals surface area contributed by atoms with Crippen LogP contribution in [0.15, 0.2) is 47.4 Å². The number of nitrogen functional groups attached to an aromatic ring is 1. The highest BCUT2D eigenvalue weighted by molar-refractivity contribution is 7.51. The fraction of sp³-hybridized carbons (Fsp3) is 0.542. The smallest absolute Gasteiger partial charge is 0.462 e. The summed E-state index contributed by atoms with van der Waals surface area (Å²) in [4.78, 5) is 27.9. The molecule has 0 aliphatic carbocycles. The number of aliphatic hydroxyl groups is 2. The summed E-state index contributed by atoms with van der Waals surface area (Å²) in [5.74, 6) is -4.61. The van der Waals surface area contributed by atoms with E-state index in [1.165, 1.54) is 25.1 Å². The Balaban J connectivity index is 2.01. The topological polar surface area (TPSA) is 187 Å². The normalized spacial score (nSPS) is 27.4. The Labute approximate surface area is 224 Å². The molecule has 0 spiro atoms. The number of ether oxygens (including phenoxy) is 1. The molecule has 5 N–H and O–H groups in total. The highest BCUT2D eigenvalue weighted by atomic mass is 31.2. The second-order valence-corrected chi connectivity index (χ2v) is 11.3. The van der Waals surface area contributed by atoms with Gasteiger partial charge in [0.1, 0.15) is 35.9 Å². The number of aliphatic hydroxyl groups excluding tert-OH is 1. The predicted octanol–water partition coefficient (Wildman–Crippen LogP) is 2.30. The second-order valence-electron chi connectivity index (χ2n) is 9.44. The summed E-state index contributed by atoms with van der Waals surface area (Å²) in [6, 6.07) is 6.97. The minimum Gasteiger partial charge on any atom is -0.480 e. The molecule has 13 nitrogen and oxygen atoms in total. The first-order valence-corrected chi connectivity index (χ1v) is 13.8. The SMILES string of the molecule is CCC(CC)N([C@@H](C)C(=O)O)[P@](=O)(OC[C@@]1(F)O[C@@H](n2ccc(N)nc2=O)[C@](C)(O)[C@@H]1O)Oc1ccccc1. The van der Waals surface area contributed by atoms with Crippen LogP contribution in [0.5, 0.6) is 5.75 Å². The summed E-state index contributed by atoms with van der Waals surface area (Å²) in [6.45, 7) is 4.57. The van der Waals surface area contributed by atoms with Gasteiger partial charge in [-0.2, -0.15) is 9.65 Å². The van der Waals surface area contributed by atoms with Crippen LogP contribution >= 0.6 is 7.75 Å². The zero-order valence-corrected chi connectivity index (χ0v) is 22.9. The maximum Gasteiger partial charge on any atom is 0.462 e. The molecule has 1 aromatic heterocycles. The molecular weight excluding hydrogens is 538 g/mol. The molecule has 0 saturated carbocycles. The first-order valence-electron chi connectivity index (χ1n) is 12.3. The van der Waals surface area contributed by atoms with Crippen molar-refractivity contribution in [3.05, 3.63) is 53.1 Å². The molecule has 1 saturated heterocycles. The van der Waals surface area contributed by atoms with Crippen molar-refractivity contribution in [1.29, 1.82) is 0 Å². The van der Waals surface area contributed by atoms with Crippen LogP contribution in [0.3, 0.4) is 0 Å². The Kier molecular flexibility index (Phi) is 9.20. The van der Waals surface area contributed by atoms with Gasteiger partial charge in [-0.05, 0) is 44.9 Å². The van der Waals surface area contributed by atoms with Crippen molar-refractivity contribution in [3.63, 3.8) is 0 Å². The van der Waals surface area contributed by atoms with Crippen LogP contribution in [0.4, 0.5) is 10.2 Å². The van der Waals surface area contributed by atoms with E-state index in [0.717, 1.165) is 22.4 Å². The summed E-state index contributed by atoms with van der Waals surface area (Å²) in [5, 5.41) is 31.5. The minimum absolute atomic E-state index is 0.0551. The maximum absolute atomic E-state index is 16.2. The highest BCUT2D eigenvalue weighted by Crippen LogP contribution is 2.57. The van der Waals surface area contributed by atoms with Crippen molar-refractivity contribution >= 4 is 19.5 Å². The average molecular weight is 573 g/mol. The molecule has 1 aliphatic rings. The number of nitrogens with two attached hydrogens (primary N) is 1. The van der Waals surface area contributed by atoms with E-state index >= 15 is 4.39 Å². The summed E-state index contributed by atoms with van der Waals surface area (Å²) >= 11 is 0. The van der Waals surface area contributed by atoms with Gasteiger partial charge in [0.15, 0.2) is 6.23 Å². The van der Waals surface area contributed by atoms with Gasteiger partial charge in [0.25, 0.3) is 5.85 Å². The third-order valence-electron chi connectivity index (χ3n) is 6.62. The molecule has 39 heavy (non-hydrogen) atoms. The van der Waals surface area contributed by atoms with Gasteiger partial charge >= 0.3 is 19.4 Å². The maximum atomic E-state index is 16.2. The number of aromatic nitrogens is 2. The predicted molar refractivity (Wildman–Crippen MR) is 137 cm³/mol. The van der Waals surface area contributed by atoms with Crippen LogP contribution in [0.1, 0.15) is 46.8 Å². The molecule has 2 heterocycles. The summed E-state index contributed by atoms with van der Waals surface area (Å²) in [5.41, 5.74) is 2.13. The van der Waals surface area contributed by atoms with Crippen LogP contribution in [0.2, 0.25) is 0 Å². The number of para-hydroxylation sites is 1. The Morgan fingerprint density at radius 1 is 1.31 bits per heavy atom. The van der Waals surface area contributed by atoms with Gasteiger partial charge in [0.2, 0.25) is 0 Å². The van der Waals surface area contributed by atoms with E-state index < -0.39 is 61.9 Å². The number of alkyl halides is 1. The number of aliphatic carboxylic acids is 1. The molecule has 1 aromatic carbocycles. The van der Waals surface area contributed by atoms with Crippen LogP contribution in [0, 0.1) is 0 Å². The first kappa shape index (κ1) is 30.7. The molecule has 1 aliphatic heterocycles.